The molecule has 1 rings (SSSR count). The molecule has 19 heavy (non-hydrogen) atoms. The highest BCUT2D eigenvalue weighted by Gasteiger charge is 2.25. The third-order valence-electron chi connectivity index (χ3n) is 3.81. The van der Waals surface area contributed by atoms with Gasteiger partial charge in [0, 0.05) is 19.0 Å². The van der Waals surface area contributed by atoms with Gasteiger partial charge in [-0.2, -0.15) is 0 Å². The van der Waals surface area contributed by atoms with Gasteiger partial charge in [-0.25, -0.2) is 0 Å². The van der Waals surface area contributed by atoms with E-state index in [0.29, 0.717) is 18.9 Å². The van der Waals surface area contributed by atoms with E-state index < -0.39 is 5.91 Å². The first kappa shape index (κ1) is 16.0. The first-order chi connectivity index (χ1) is 9.04. The summed E-state index contributed by atoms with van der Waals surface area (Å²) in [5, 5.41) is 3.40. The van der Waals surface area contributed by atoms with Gasteiger partial charge in [0.1, 0.15) is 0 Å². The Morgan fingerprint density at radius 2 is 2.16 bits per heavy atom. The molecule has 2 unspecified atom stereocenters. The van der Waals surface area contributed by atoms with Crippen molar-refractivity contribution in [3.8, 4) is 0 Å². The standard InChI is InChI=1S/C14H27N3O2/c1-3-4-8-17(10-13(15)18)14(19)9-12-11(2)6-5-7-16-12/h11-12,16H,3-10H2,1-2H3,(H2,15,18). The molecular weight excluding hydrogens is 242 g/mol. The average molecular weight is 269 g/mol. The minimum Gasteiger partial charge on any atom is -0.368 e. The third kappa shape index (κ3) is 5.59. The number of primary amides is 1. The van der Waals surface area contributed by atoms with Gasteiger partial charge < -0.3 is 16.0 Å². The van der Waals surface area contributed by atoms with Crippen LogP contribution in [0.25, 0.3) is 0 Å². The molecule has 0 aromatic heterocycles. The van der Waals surface area contributed by atoms with Crippen molar-refractivity contribution in [3.63, 3.8) is 0 Å². The highest BCUT2D eigenvalue weighted by molar-refractivity contribution is 5.84. The Hall–Kier alpha value is -1.10. The Morgan fingerprint density at radius 1 is 1.42 bits per heavy atom. The first-order valence-electron chi connectivity index (χ1n) is 7.34. The minimum absolute atomic E-state index is 0.0403. The van der Waals surface area contributed by atoms with E-state index in [2.05, 4.69) is 19.2 Å². The van der Waals surface area contributed by atoms with Crippen molar-refractivity contribution in [2.75, 3.05) is 19.6 Å². The quantitative estimate of drug-likeness (QED) is 0.720. The molecular formula is C14H27N3O2. The molecule has 0 spiro atoms. The van der Waals surface area contributed by atoms with Crippen LogP contribution in [0.3, 0.4) is 0 Å². The van der Waals surface area contributed by atoms with Crippen LogP contribution in [0, 0.1) is 5.92 Å². The zero-order chi connectivity index (χ0) is 14.3. The Bertz CT molecular complexity index is 307. The molecule has 0 aliphatic carbocycles. The number of unbranched alkanes of at least 4 members (excludes halogenated alkanes) is 1. The van der Waals surface area contributed by atoms with E-state index in [1.165, 1.54) is 6.42 Å². The van der Waals surface area contributed by atoms with Gasteiger partial charge >= 0.3 is 0 Å². The fraction of sp³-hybridized carbons (Fsp3) is 0.857. The highest BCUT2D eigenvalue weighted by atomic mass is 16.2. The van der Waals surface area contributed by atoms with Crippen LogP contribution in [0.2, 0.25) is 0 Å². The van der Waals surface area contributed by atoms with Crippen molar-refractivity contribution < 1.29 is 9.59 Å². The smallest absolute Gasteiger partial charge is 0.237 e. The SMILES string of the molecule is CCCCN(CC(N)=O)C(=O)CC1NCCCC1C. The summed E-state index contributed by atoms with van der Waals surface area (Å²) in [6.07, 6.45) is 4.72. The van der Waals surface area contributed by atoms with E-state index in [9.17, 15) is 9.59 Å². The van der Waals surface area contributed by atoms with Crippen LogP contribution >= 0.6 is 0 Å². The zero-order valence-electron chi connectivity index (χ0n) is 12.2. The molecule has 0 aromatic carbocycles. The normalized spacial score (nSPS) is 23.1. The molecule has 2 atom stereocenters. The molecule has 1 heterocycles. The van der Waals surface area contributed by atoms with Crippen molar-refractivity contribution in [3.05, 3.63) is 0 Å². The summed E-state index contributed by atoms with van der Waals surface area (Å²) in [4.78, 5) is 24.9. The molecule has 1 aliphatic heterocycles. The van der Waals surface area contributed by atoms with Crippen LogP contribution in [0.1, 0.15) is 46.0 Å². The van der Waals surface area contributed by atoms with Gasteiger partial charge in [0.15, 0.2) is 0 Å². The number of rotatable bonds is 7. The first-order valence-corrected chi connectivity index (χ1v) is 7.34. The fourth-order valence-electron chi connectivity index (χ4n) is 2.53. The zero-order valence-corrected chi connectivity index (χ0v) is 12.2. The largest absolute Gasteiger partial charge is 0.368 e. The van der Waals surface area contributed by atoms with Crippen LogP contribution in [-0.2, 0) is 9.59 Å². The van der Waals surface area contributed by atoms with Crippen LogP contribution in [0.15, 0.2) is 0 Å². The molecule has 0 bridgehead atoms. The van der Waals surface area contributed by atoms with Crippen LogP contribution in [-0.4, -0.2) is 42.4 Å². The number of nitrogens with two attached hydrogens (primary N) is 1. The van der Waals surface area contributed by atoms with Crippen LogP contribution < -0.4 is 11.1 Å². The van der Waals surface area contributed by atoms with E-state index in [1.54, 1.807) is 4.90 Å². The lowest BCUT2D eigenvalue weighted by atomic mass is 9.90. The van der Waals surface area contributed by atoms with Gasteiger partial charge in [0.25, 0.3) is 0 Å². The lowest BCUT2D eigenvalue weighted by Gasteiger charge is -2.31. The summed E-state index contributed by atoms with van der Waals surface area (Å²) in [7, 11) is 0. The molecule has 1 fully saturated rings. The average Bonchev–Trinajstić information content (AvgIpc) is 2.36. The van der Waals surface area contributed by atoms with E-state index in [0.717, 1.165) is 25.8 Å². The van der Waals surface area contributed by atoms with Crippen molar-refractivity contribution in [2.24, 2.45) is 11.7 Å². The summed E-state index contributed by atoms with van der Waals surface area (Å²) in [5.74, 6) is 0.118. The Morgan fingerprint density at radius 3 is 2.74 bits per heavy atom. The molecule has 1 saturated heterocycles. The van der Waals surface area contributed by atoms with Gasteiger partial charge in [-0.15, -0.1) is 0 Å². The Kier molecular flexibility index (Phi) is 6.84. The monoisotopic (exact) mass is 269 g/mol. The summed E-state index contributed by atoms with van der Waals surface area (Å²) in [6, 6.07) is 0.234. The van der Waals surface area contributed by atoms with Gasteiger partial charge in [-0.1, -0.05) is 20.3 Å². The number of carbonyl (C=O) groups is 2. The minimum atomic E-state index is -0.436. The van der Waals surface area contributed by atoms with E-state index in [-0.39, 0.29) is 18.5 Å². The predicted molar refractivity (Wildman–Crippen MR) is 75.5 cm³/mol. The number of nitrogens with zero attached hydrogens (tertiary/aromatic N) is 1. The number of carbonyl (C=O) groups excluding carboxylic acids is 2. The Balaban J connectivity index is 2.51. The van der Waals surface area contributed by atoms with Gasteiger partial charge in [-0.05, 0) is 31.7 Å². The second-order valence-corrected chi connectivity index (χ2v) is 5.52. The van der Waals surface area contributed by atoms with Crippen molar-refractivity contribution in [1.29, 1.82) is 0 Å². The molecule has 0 aromatic rings. The molecule has 1 aliphatic rings. The number of nitrogens with one attached hydrogen (secondary N) is 1. The van der Waals surface area contributed by atoms with Gasteiger partial charge in [-0.3, -0.25) is 9.59 Å². The maximum absolute atomic E-state index is 12.3. The van der Waals surface area contributed by atoms with E-state index >= 15 is 0 Å². The lowest BCUT2D eigenvalue weighted by Crippen LogP contribution is -2.46. The van der Waals surface area contributed by atoms with Crippen molar-refractivity contribution in [1.82, 2.24) is 10.2 Å². The number of hydrogen-bond donors (Lipinski definition) is 2. The third-order valence-corrected chi connectivity index (χ3v) is 3.81. The number of amides is 2. The summed E-state index contributed by atoms with van der Waals surface area (Å²) in [6.45, 7) is 5.89. The summed E-state index contributed by atoms with van der Waals surface area (Å²) >= 11 is 0. The summed E-state index contributed by atoms with van der Waals surface area (Å²) in [5.41, 5.74) is 5.21. The predicted octanol–water partition coefficient (Wildman–Crippen LogP) is 0.879. The van der Waals surface area contributed by atoms with E-state index in [1.807, 2.05) is 0 Å². The molecule has 0 radical (unpaired) electrons. The topological polar surface area (TPSA) is 75.4 Å². The maximum atomic E-state index is 12.3. The maximum Gasteiger partial charge on any atom is 0.237 e. The number of piperidine rings is 1. The Labute approximate surface area is 115 Å². The fourth-order valence-corrected chi connectivity index (χ4v) is 2.53. The molecule has 5 heteroatoms. The second kappa shape index (κ2) is 8.15. The van der Waals surface area contributed by atoms with Gasteiger partial charge in [0.05, 0.1) is 6.54 Å². The molecule has 0 saturated carbocycles. The molecule has 110 valence electrons. The highest BCUT2D eigenvalue weighted by Crippen LogP contribution is 2.18. The number of hydrogen-bond acceptors (Lipinski definition) is 3. The summed E-state index contributed by atoms with van der Waals surface area (Å²) < 4.78 is 0. The molecule has 5 nitrogen and oxygen atoms in total. The van der Waals surface area contributed by atoms with Crippen LogP contribution in [0.4, 0.5) is 0 Å². The van der Waals surface area contributed by atoms with Gasteiger partial charge in [0.2, 0.25) is 11.8 Å². The molecule has 2 amide bonds. The van der Waals surface area contributed by atoms with Crippen molar-refractivity contribution in [2.45, 2.75) is 52.0 Å². The lowest BCUT2D eigenvalue weighted by molar-refractivity contribution is -0.136. The van der Waals surface area contributed by atoms with Crippen molar-refractivity contribution >= 4 is 11.8 Å². The second-order valence-electron chi connectivity index (χ2n) is 5.52. The van der Waals surface area contributed by atoms with E-state index in [4.69, 9.17) is 5.73 Å². The molecule has 3 N–H and O–H groups in total. The van der Waals surface area contributed by atoms with Crippen LogP contribution in [0.5, 0.6) is 0 Å².